The highest BCUT2D eigenvalue weighted by Gasteiger charge is 2.00. The number of amides is 1. The number of carbonyl (C=O) groups excluding carboxylic acids is 1. The molecule has 0 aliphatic heterocycles. The molecule has 19 heavy (non-hydrogen) atoms. The summed E-state index contributed by atoms with van der Waals surface area (Å²) in [6.45, 7) is 3.83. The minimum Gasteiger partial charge on any atom is -0.355 e. The van der Waals surface area contributed by atoms with Crippen LogP contribution in [0.4, 0.5) is 0 Å². The Kier molecular flexibility index (Phi) is 4.86. The number of benzene rings is 1. The van der Waals surface area contributed by atoms with E-state index in [2.05, 4.69) is 33.8 Å². The van der Waals surface area contributed by atoms with Crippen LogP contribution < -0.4 is 10.6 Å². The van der Waals surface area contributed by atoms with Crippen LogP contribution in [0.3, 0.4) is 0 Å². The number of rotatable bonds is 6. The van der Waals surface area contributed by atoms with Crippen LogP contribution in [0.15, 0.2) is 36.7 Å². The van der Waals surface area contributed by atoms with E-state index in [4.69, 9.17) is 0 Å². The predicted octanol–water partition coefficient (Wildman–Crippen LogP) is 1.85. The summed E-state index contributed by atoms with van der Waals surface area (Å²) in [5.41, 5.74) is 1.17. The van der Waals surface area contributed by atoms with Crippen LogP contribution in [0.1, 0.15) is 18.9 Å². The smallest absolute Gasteiger partial charge is 0.233 e. The third-order valence-corrected chi connectivity index (χ3v) is 2.89. The summed E-state index contributed by atoms with van der Waals surface area (Å²) < 4.78 is 0. The maximum Gasteiger partial charge on any atom is 0.233 e. The van der Waals surface area contributed by atoms with Gasteiger partial charge in [0.2, 0.25) is 5.91 Å². The molecule has 100 valence electrons. The van der Waals surface area contributed by atoms with E-state index in [9.17, 15) is 4.79 Å². The van der Waals surface area contributed by atoms with Crippen molar-refractivity contribution >= 4 is 16.7 Å². The van der Waals surface area contributed by atoms with Gasteiger partial charge in [0.25, 0.3) is 0 Å². The number of carbonyl (C=O) groups is 1. The van der Waals surface area contributed by atoms with Crippen molar-refractivity contribution in [3.8, 4) is 0 Å². The molecule has 4 heteroatoms. The maximum absolute atomic E-state index is 11.4. The van der Waals surface area contributed by atoms with Crippen LogP contribution in [0.5, 0.6) is 0 Å². The van der Waals surface area contributed by atoms with Gasteiger partial charge in [0, 0.05) is 30.9 Å². The molecule has 4 nitrogen and oxygen atoms in total. The molecule has 0 atom stereocenters. The molecule has 0 fully saturated rings. The lowest BCUT2D eigenvalue weighted by molar-refractivity contribution is -0.120. The van der Waals surface area contributed by atoms with Gasteiger partial charge >= 0.3 is 0 Å². The number of fused-ring (bicyclic) bond motifs is 1. The highest BCUT2D eigenvalue weighted by Crippen LogP contribution is 2.14. The number of aromatic nitrogens is 1. The Hall–Kier alpha value is -1.94. The van der Waals surface area contributed by atoms with E-state index in [1.54, 1.807) is 6.20 Å². The largest absolute Gasteiger partial charge is 0.355 e. The average molecular weight is 257 g/mol. The SMILES string of the molecule is CCCNC(=O)CNCc1ccc2cnccc2c1. The molecule has 0 unspecified atom stereocenters. The lowest BCUT2D eigenvalue weighted by Gasteiger charge is -2.06. The van der Waals surface area contributed by atoms with Gasteiger partial charge in [-0.05, 0) is 29.5 Å². The molecule has 0 saturated carbocycles. The molecular formula is C15H19N3O. The first-order valence-electron chi connectivity index (χ1n) is 6.59. The second-order valence-corrected chi connectivity index (χ2v) is 4.51. The summed E-state index contributed by atoms with van der Waals surface area (Å²) in [4.78, 5) is 15.5. The van der Waals surface area contributed by atoms with E-state index in [0.717, 1.165) is 18.4 Å². The zero-order valence-electron chi connectivity index (χ0n) is 11.1. The lowest BCUT2D eigenvalue weighted by Crippen LogP contribution is -2.33. The first kappa shape index (κ1) is 13.5. The molecule has 0 spiro atoms. The molecule has 2 N–H and O–H groups in total. The van der Waals surface area contributed by atoms with Gasteiger partial charge in [0.15, 0.2) is 0 Å². The van der Waals surface area contributed by atoms with Crippen molar-refractivity contribution in [1.82, 2.24) is 15.6 Å². The molecule has 0 radical (unpaired) electrons. The van der Waals surface area contributed by atoms with Gasteiger partial charge in [-0.15, -0.1) is 0 Å². The molecular weight excluding hydrogens is 238 g/mol. The molecule has 0 aliphatic carbocycles. The number of pyridine rings is 1. The Bertz CT molecular complexity index is 554. The normalized spacial score (nSPS) is 10.6. The standard InChI is InChI=1S/C15H19N3O/c1-2-6-18-15(19)11-17-9-12-3-4-14-10-16-7-5-13(14)8-12/h3-5,7-8,10,17H,2,6,9,11H2,1H3,(H,18,19). The van der Waals surface area contributed by atoms with Gasteiger partial charge in [0.05, 0.1) is 6.54 Å². The summed E-state index contributed by atoms with van der Waals surface area (Å²) in [5, 5.41) is 8.29. The fourth-order valence-electron chi connectivity index (χ4n) is 1.89. The summed E-state index contributed by atoms with van der Waals surface area (Å²) in [6.07, 6.45) is 4.60. The molecule has 2 aromatic rings. The Labute approximate surface area is 113 Å². The Morgan fingerprint density at radius 2 is 2.16 bits per heavy atom. The first-order valence-corrected chi connectivity index (χ1v) is 6.59. The third-order valence-electron chi connectivity index (χ3n) is 2.89. The second kappa shape index (κ2) is 6.85. The van der Waals surface area contributed by atoms with E-state index in [0.29, 0.717) is 13.1 Å². The molecule has 1 aromatic heterocycles. The van der Waals surface area contributed by atoms with Crippen molar-refractivity contribution in [1.29, 1.82) is 0 Å². The van der Waals surface area contributed by atoms with Crippen molar-refractivity contribution in [2.45, 2.75) is 19.9 Å². The third kappa shape index (κ3) is 4.03. The maximum atomic E-state index is 11.4. The lowest BCUT2D eigenvalue weighted by atomic mass is 10.1. The topological polar surface area (TPSA) is 54.0 Å². The van der Waals surface area contributed by atoms with E-state index in [1.165, 1.54) is 10.9 Å². The van der Waals surface area contributed by atoms with E-state index in [1.807, 2.05) is 19.2 Å². The molecule has 0 bridgehead atoms. The van der Waals surface area contributed by atoms with Crippen molar-refractivity contribution in [3.63, 3.8) is 0 Å². The highest BCUT2D eigenvalue weighted by molar-refractivity contribution is 5.82. The van der Waals surface area contributed by atoms with Gasteiger partial charge < -0.3 is 10.6 Å². The van der Waals surface area contributed by atoms with Gasteiger partial charge in [0.1, 0.15) is 0 Å². The van der Waals surface area contributed by atoms with E-state index >= 15 is 0 Å². The van der Waals surface area contributed by atoms with Crippen LogP contribution in [-0.2, 0) is 11.3 Å². The predicted molar refractivity (Wildman–Crippen MR) is 76.8 cm³/mol. The summed E-state index contributed by atoms with van der Waals surface area (Å²) in [6, 6.07) is 8.22. The molecule has 1 amide bonds. The molecule has 0 saturated heterocycles. The van der Waals surface area contributed by atoms with Crippen molar-refractivity contribution in [3.05, 3.63) is 42.2 Å². The number of hydrogen-bond donors (Lipinski definition) is 2. The second-order valence-electron chi connectivity index (χ2n) is 4.51. The van der Waals surface area contributed by atoms with Gasteiger partial charge in [-0.2, -0.15) is 0 Å². The highest BCUT2D eigenvalue weighted by atomic mass is 16.1. The first-order chi connectivity index (χ1) is 9.29. The molecule has 0 aliphatic rings. The average Bonchev–Trinajstić information content (AvgIpc) is 2.45. The fourth-order valence-corrected chi connectivity index (χ4v) is 1.89. The summed E-state index contributed by atoms with van der Waals surface area (Å²) in [5.74, 6) is 0.0480. The van der Waals surface area contributed by atoms with Crippen LogP contribution in [0.2, 0.25) is 0 Å². The zero-order chi connectivity index (χ0) is 13.5. The van der Waals surface area contributed by atoms with Gasteiger partial charge in [-0.25, -0.2) is 0 Å². The van der Waals surface area contributed by atoms with Crippen LogP contribution in [0.25, 0.3) is 10.8 Å². The minimum atomic E-state index is 0.0480. The van der Waals surface area contributed by atoms with E-state index in [-0.39, 0.29) is 5.91 Å². The summed E-state index contributed by atoms with van der Waals surface area (Å²) in [7, 11) is 0. The van der Waals surface area contributed by atoms with Crippen molar-refractivity contribution in [2.24, 2.45) is 0 Å². The quantitative estimate of drug-likeness (QED) is 0.830. The van der Waals surface area contributed by atoms with Gasteiger partial charge in [-0.1, -0.05) is 19.1 Å². The number of nitrogens with zero attached hydrogens (tertiary/aromatic N) is 1. The molecule has 1 heterocycles. The van der Waals surface area contributed by atoms with Crippen molar-refractivity contribution < 1.29 is 4.79 Å². The number of nitrogens with one attached hydrogen (secondary N) is 2. The number of hydrogen-bond acceptors (Lipinski definition) is 3. The summed E-state index contributed by atoms with van der Waals surface area (Å²) >= 11 is 0. The van der Waals surface area contributed by atoms with Crippen LogP contribution in [0, 0.1) is 0 Å². The van der Waals surface area contributed by atoms with E-state index < -0.39 is 0 Å². The zero-order valence-corrected chi connectivity index (χ0v) is 11.1. The minimum absolute atomic E-state index is 0.0480. The fraction of sp³-hybridized carbons (Fsp3) is 0.333. The molecule has 1 aromatic carbocycles. The Morgan fingerprint density at radius 1 is 1.26 bits per heavy atom. The monoisotopic (exact) mass is 257 g/mol. The van der Waals surface area contributed by atoms with Crippen LogP contribution >= 0.6 is 0 Å². The Morgan fingerprint density at radius 3 is 3.00 bits per heavy atom. The van der Waals surface area contributed by atoms with Gasteiger partial charge in [-0.3, -0.25) is 9.78 Å². The Balaban J connectivity index is 1.86. The molecule has 2 rings (SSSR count). The van der Waals surface area contributed by atoms with Crippen LogP contribution in [-0.4, -0.2) is 24.0 Å². The van der Waals surface area contributed by atoms with Crippen molar-refractivity contribution in [2.75, 3.05) is 13.1 Å².